The van der Waals surface area contributed by atoms with Crippen molar-refractivity contribution in [1.29, 1.82) is 0 Å². The zero-order valence-electron chi connectivity index (χ0n) is 5.39. The Bertz CT molecular complexity index is 235. The first kappa shape index (κ1) is 7.02. The summed E-state index contributed by atoms with van der Waals surface area (Å²) in [6.07, 6.45) is 0. The van der Waals surface area contributed by atoms with Gasteiger partial charge < -0.3 is 5.73 Å². The molecule has 3 heteroatoms. The van der Waals surface area contributed by atoms with Gasteiger partial charge in [0.05, 0.1) is 0 Å². The van der Waals surface area contributed by atoms with E-state index in [1.165, 1.54) is 18.2 Å². The molecule has 0 atom stereocenters. The van der Waals surface area contributed by atoms with E-state index in [1.54, 1.807) is 0 Å². The van der Waals surface area contributed by atoms with Gasteiger partial charge >= 0.3 is 0 Å². The predicted molar refractivity (Wildman–Crippen MR) is 37.6 cm³/mol. The lowest BCUT2D eigenvalue weighted by molar-refractivity contribution is 0.625. The molecule has 2 nitrogen and oxygen atoms in total. The van der Waals surface area contributed by atoms with Gasteiger partial charge in [0.2, 0.25) is 0 Å². The monoisotopic (exact) mass is 139 g/mol. The summed E-state index contributed by atoms with van der Waals surface area (Å²) >= 11 is 0. The smallest absolute Gasteiger partial charge is 0.123 e. The van der Waals surface area contributed by atoms with Gasteiger partial charge in [0.15, 0.2) is 0 Å². The van der Waals surface area contributed by atoms with Crippen LogP contribution in [0.5, 0.6) is 0 Å². The van der Waals surface area contributed by atoms with E-state index in [4.69, 9.17) is 11.5 Å². The van der Waals surface area contributed by atoms with Crippen LogP contribution in [0.15, 0.2) is 18.2 Å². The van der Waals surface area contributed by atoms with Crippen molar-refractivity contribution in [3.63, 3.8) is 0 Å². The molecule has 1 radical (unpaired) electrons. The number of nitrogen functional groups attached to an aromatic ring is 1. The molecule has 0 aliphatic carbocycles. The van der Waals surface area contributed by atoms with Gasteiger partial charge in [-0.3, -0.25) is 5.73 Å². The molecule has 0 aliphatic rings. The first-order chi connectivity index (χ1) is 4.74. The molecule has 1 aromatic carbocycles. The van der Waals surface area contributed by atoms with Crippen LogP contribution in [0.3, 0.4) is 0 Å². The second-order valence-corrected chi connectivity index (χ2v) is 2.02. The van der Waals surface area contributed by atoms with Gasteiger partial charge in [0.25, 0.3) is 0 Å². The number of benzene rings is 1. The molecule has 0 spiro atoms. The summed E-state index contributed by atoms with van der Waals surface area (Å²) in [4.78, 5) is 0. The van der Waals surface area contributed by atoms with Crippen molar-refractivity contribution in [3.8, 4) is 0 Å². The van der Waals surface area contributed by atoms with Crippen LogP contribution >= 0.6 is 0 Å². The molecule has 0 heterocycles. The summed E-state index contributed by atoms with van der Waals surface area (Å²) in [5.74, 6) is -0.337. The van der Waals surface area contributed by atoms with E-state index >= 15 is 0 Å². The highest BCUT2D eigenvalue weighted by Gasteiger charge is 1.97. The molecule has 0 fully saturated rings. The Hall–Kier alpha value is -1.09. The fourth-order valence-corrected chi connectivity index (χ4v) is 0.727. The van der Waals surface area contributed by atoms with E-state index in [1.807, 2.05) is 0 Å². The Kier molecular flexibility index (Phi) is 1.87. The number of halogens is 1. The van der Waals surface area contributed by atoms with Crippen molar-refractivity contribution in [1.82, 2.24) is 5.73 Å². The Morgan fingerprint density at radius 1 is 1.50 bits per heavy atom. The Morgan fingerprint density at radius 2 is 2.20 bits per heavy atom. The van der Waals surface area contributed by atoms with Gasteiger partial charge in [-0.25, -0.2) is 4.39 Å². The summed E-state index contributed by atoms with van der Waals surface area (Å²) in [5, 5.41) is 0. The summed E-state index contributed by atoms with van der Waals surface area (Å²) in [5.41, 5.74) is 13.4. The summed E-state index contributed by atoms with van der Waals surface area (Å²) in [6.45, 7) is 0.0313. The van der Waals surface area contributed by atoms with Gasteiger partial charge in [0, 0.05) is 12.2 Å². The molecule has 3 N–H and O–H groups in total. The van der Waals surface area contributed by atoms with E-state index in [0.29, 0.717) is 11.3 Å². The highest BCUT2D eigenvalue weighted by atomic mass is 19.1. The lowest BCUT2D eigenvalue weighted by Crippen LogP contribution is -1.95. The number of hydrogen-bond donors (Lipinski definition) is 1. The second-order valence-electron chi connectivity index (χ2n) is 2.02. The van der Waals surface area contributed by atoms with Crippen molar-refractivity contribution in [2.45, 2.75) is 6.54 Å². The van der Waals surface area contributed by atoms with Crippen LogP contribution in [0.1, 0.15) is 5.56 Å². The van der Waals surface area contributed by atoms with E-state index < -0.39 is 0 Å². The van der Waals surface area contributed by atoms with Crippen LogP contribution in [0.2, 0.25) is 0 Å². The van der Waals surface area contributed by atoms with Gasteiger partial charge in [-0.2, -0.15) is 0 Å². The molecule has 0 saturated heterocycles. The third-order valence-electron chi connectivity index (χ3n) is 1.30. The Morgan fingerprint density at radius 3 is 2.70 bits per heavy atom. The largest absolute Gasteiger partial charge is 0.398 e. The van der Waals surface area contributed by atoms with Crippen molar-refractivity contribution in [3.05, 3.63) is 29.6 Å². The van der Waals surface area contributed by atoms with Gasteiger partial charge in [0.1, 0.15) is 5.82 Å². The minimum absolute atomic E-state index is 0.0313. The lowest BCUT2D eigenvalue weighted by Gasteiger charge is -1.99. The minimum Gasteiger partial charge on any atom is -0.398 e. The second kappa shape index (κ2) is 2.66. The molecule has 0 amide bonds. The molecular formula is C7H8FN2. The summed E-state index contributed by atoms with van der Waals surface area (Å²) < 4.78 is 12.4. The first-order valence-electron chi connectivity index (χ1n) is 2.92. The Balaban J connectivity index is 3.09. The SMILES string of the molecule is [NH]Cc1cc(F)ccc1N. The van der Waals surface area contributed by atoms with Crippen LogP contribution in [0, 0.1) is 5.82 Å². The third kappa shape index (κ3) is 1.25. The third-order valence-corrected chi connectivity index (χ3v) is 1.30. The summed E-state index contributed by atoms with van der Waals surface area (Å²) in [6, 6.07) is 4.04. The molecular weight excluding hydrogens is 131 g/mol. The highest BCUT2D eigenvalue weighted by Crippen LogP contribution is 2.11. The highest BCUT2D eigenvalue weighted by molar-refractivity contribution is 5.46. The molecule has 0 aromatic heterocycles. The first-order valence-corrected chi connectivity index (χ1v) is 2.92. The molecule has 0 saturated carbocycles. The van der Waals surface area contributed by atoms with Gasteiger partial charge in [-0.15, -0.1) is 0 Å². The molecule has 53 valence electrons. The average Bonchev–Trinajstić information content (AvgIpc) is 1.94. The maximum absolute atomic E-state index is 12.4. The molecule has 1 rings (SSSR count). The fraction of sp³-hybridized carbons (Fsp3) is 0.143. The number of nitrogens with two attached hydrogens (primary N) is 1. The average molecular weight is 139 g/mol. The topological polar surface area (TPSA) is 49.8 Å². The number of anilines is 1. The van der Waals surface area contributed by atoms with Gasteiger partial charge in [-0.1, -0.05) is 0 Å². The normalized spacial score (nSPS) is 9.80. The van der Waals surface area contributed by atoms with Crippen molar-refractivity contribution < 1.29 is 4.39 Å². The van der Waals surface area contributed by atoms with Crippen LogP contribution < -0.4 is 11.5 Å². The molecule has 0 aliphatic heterocycles. The van der Waals surface area contributed by atoms with Crippen molar-refractivity contribution >= 4 is 5.69 Å². The zero-order valence-corrected chi connectivity index (χ0v) is 5.39. The number of rotatable bonds is 1. The van der Waals surface area contributed by atoms with Crippen LogP contribution in [0.4, 0.5) is 10.1 Å². The van der Waals surface area contributed by atoms with E-state index in [9.17, 15) is 4.39 Å². The number of nitrogens with one attached hydrogen (secondary N) is 1. The number of hydrogen-bond acceptors (Lipinski definition) is 1. The van der Waals surface area contributed by atoms with E-state index in [-0.39, 0.29) is 12.4 Å². The van der Waals surface area contributed by atoms with E-state index in [0.717, 1.165) is 0 Å². The van der Waals surface area contributed by atoms with Crippen LogP contribution in [0.25, 0.3) is 0 Å². The Labute approximate surface area is 58.6 Å². The molecule has 0 bridgehead atoms. The van der Waals surface area contributed by atoms with Crippen molar-refractivity contribution in [2.75, 3.05) is 5.73 Å². The van der Waals surface area contributed by atoms with Gasteiger partial charge in [-0.05, 0) is 23.8 Å². The minimum atomic E-state index is -0.337. The maximum atomic E-state index is 12.4. The van der Waals surface area contributed by atoms with Crippen molar-refractivity contribution in [2.24, 2.45) is 0 Å². The molecule has 10 heavy (non-hydrogen) atoms. The van der Waals surface area contributed by atoms with Crippen LogP contribution in [-0.4, -0.2) is 0 Å². The fourth-order valence-electron chi connectivity index (χ4n) is 0.727. The predicted octanol–water partition coefficient (Wildman–Crippen LogP) is 1.19. The lowest BCUT2D eigenvalue weighted by atomic mass is 10.2. The zero-order chi connectivity index (χ0) is 7.56. The quantitative estimate of drug-likeness (QED) is 0.584. The standard InChI is InChI=1S/C7H8FN2/c8-6-1-2-7(10)5(3-6)4-9/h1-3,9H,4,10H2. The molecule has 1 aromatic rings. The summed E-state index contributed by atoms with van der Waals surface area (Å²) in [7, 11) is 0. The van der Waals surface area contributed by atoms with E-state index in [2.05, 4.69) is 0 Å². The molecule has 0 unspecified atom stereocenters. The van der Waals surface area contributed by atoms with Crippen LogP contribution in [-0.2, 0) is 6.54 Å². The maximum Gasteiger partial charge on any atom is 0.123 e.